The van der Waals surface area contributed by atoms with Crippen LogP contribution in [0.3, 0.4) is 0 Å². The SMILES string of the molecule is CCC1(CC)CCC(C)(C)C(/C=C/C(O)CC(O)CC(=O)[O-])=C(c2ccc(F)cc2)C1.[Na+]. The summed E-state index contributed by atoms with van der Waals surface area (Å²) in [6, 6.07) is 6.59. The molecular formula is C26H36FNaO4. The number of carbonyl (C=O) groups excluding carboxylic acids is 1. The van der Waals surface area contributed by atoms with Crippen molar-refractivity contribution in [2.75, 3.05) is 0 Å². The molecule has 0 saturated carbocycles. The summed E-state index contributed by atoms with van der Waals surface area (Å²) in [4.78, 5) is 10.7. The number of hydrogen-bond donors (Lipinski definition) is 2. The first-order valence-electron chi connectivity index (χ1n) is 11.3. The number of aliphatic hydroxyl groups is 2. The fraction of sp³-hybridized carbons (Fsp3) is 0.577. The van der Waals surface area contributed by atoms with Gasteiger partial charge >= 0.3 is 29.6 Å². The van der Waals surface area contributed by atoms with Crippen LogP contribution >= 0.6 is 0 Å². The Morgan fingerprint density at radius 3 is 2.28 bits per heavy atom. The van der Waals surface area contributed by atoms with Crippen LogP contribution in [-0.4, -0.2) is 28.4 Å². The predicted molar refractivity (Wildman–Crippen MR) is 119 cm³/mol. The third kappa shape index (κ3) is 7.81. The summed E-state index contributed by atoms with van der Waals surface area (Å²) in [6.07, 6.45) is 5.89. The zero-order valence-electron chi connectivity index (χ0n) is 20.2. The summed E-state index contributed by atoms with van der Waals surface area (Å²) >= 11 is 0. The number of benzene rings is 1. The first-order chi connectivity index (χ1) is 14.5. The van der Waals surface area contributed by atoms with Gasteiger partial charge in [-0.3, -0.25) is 0 Å². The van der Waals surface area contributed by atoms with Crippen LogP contribution in [0.1, 0.15) is 78.2 Å². The minimum Gasteiger partial charge on any atom is -0.550 e. The average Bonchev–Trinajstić information content (AvgIpc) is 2.80. The molecule has 0 radical (unpaired) electrons. The first kappa shape index (κ1) is 29.1. The van der Waals surface area contributed by atoms with E-state index in [-0.39, 0.29) is 52.6 Å². The van der Waals surface area contributed by atoms with Gasteiger partial charge in [0, 0.05) is 18.8 Å². The molecule has 6 heteroatoms. The molecule has 2 N–H and O–H groups in total. The van der Waals surface area contributed by atoms with Crippen LogP contribution in [0.2, 0.25) is 0 Å². The summed E-state index contributed by atoms with van der Waals surface area (Å²) in [5, 5.41) is 30.8. The van der Waals surface area contributed by atoms with E-state index in [4.69, 9.17) is 0 Å². The number of allylic oxidation sites excluding steroid dienone is 3. The van der Waals surface area contributed by atoms with Crippen molar-refractivity contribution in [2.45, 2.75) is 84.8 Å². The van der Waals surface area contributed by atoms with Crippen molar-refractivity contribution in [3.63, 3.8) is 0 Å². The third-order valence-electron chi connectivity index (χ3n) is 6.98. The molecule has 1 aromatic carbocycles. The number of aliphatic hydroxyl groups excluding tert-OH is 2. The topological polar surface area (TPSA) is 80.6 Å². The smallest absolute Gasteiger partial charge is 0.550 e. The molecule has 0 saturated heterocycles. The first-order valence-corrected chi connectivity index (χ1v) is 11.3. The molecule has 2 atom stereocenters. The van der Waals surface area contributed by atoms with Gasteiger partial charge in [-0.15, -0.1) is 0 Å². The molecule has 0 aromatic heterocycles. The van der Waals surface area contributed by atoms with Crippen LogP contribution < -0.4 is 34.7 Å². The van der Waals surface area contributed by atoms with Crippen molar-refractivity contribution >= 4 is 11.5 Å². The Labute approximate surface area is 213 Å². The van der Waals surface area contributed by atoms with E-state index in [2.05, 4.69) is 27.7 Å². The summed E-state index contributed by atoms with van der Waals surface area (Å²) in [5.74, 6) is -1.62. The molecule has 2 unspecified atom stereocenters. The molecule has 0 fully saturated rings. The van der Waals surface area contributed by atoms with Crippen LogP contribution in [0.15, 0.2) is 42.0 Å². The van der Waals surface area contributed by atoms with Crippen molar-refractivity contribution in [1.29, 1.82) is 0 Å². The Morgan fingerprint density at radius 1 is 1.16 bits per heavy atom. The largest absolute Gasteiger partial charge is 1.00 e. The third-order valence-corrected chi connectivity index (χ3v) is 6.98. The van der Waals surface area contributed by atoms with E-state index in [0.29, 0.717) is 0 Å². The van der Waals surface area contributed by atoms with Gasteiger partial charge in [-0.1, -0.05) is 64.8 Å². The molecule has 32 heavy (non-hydrogen) atoms. The maximum absolute atomic E-state index is 13.6. The van der Waals surface area contributed by atoms with Gasteiger partial charge in [0.2, 0.25) is 0 Å². The van der Waals surface area contributed by atoms with Gasteiger partial charge in [-0.2, -0.15) is 0 Å². The van der Waals surface area contributed by atoms with Gasteiger partial charge < -0.3 is 20.1 Å². The Balaban J connectivity index is 0.00000512. The van der Waals surface area contributed by atoms with E-state index in [0.717, 1.165) is 48.8 Å². The molecule has 2 rings (SSSR count). The molecule has 0 amide bonds. The van der Waals surface area contributed by atoms with E-state index in [9.17, 15) is 24.5 Å². The van der Waals surface area contributed by atoms with Crippen LogP contribution in [0.4, 0.5) is 4.39 Å². The average molecular weight is 455 g/mol. The number of carboxylic acid groups (broad SMARTS) is 1. The number of hydrogen-bond acceptors (Lipinski definition) is 4. The van der Waals surface area contributed by atoms with E-state index in [1.807, 2.05) is 18.2 Å². The molecule has 1 aromatic rings. The maximum atomic E-state index is 13.6. The number of carbonyl (C=O) groups is 1. The molecular weight excluding hydrogens is 418 g/mol. The predicted octanol–water partition coefficient (Wildman–Crippen LogP) is 1.41. The van der Waals surface area contributed by atoms with Gasteiger partial charge in [0.1, 0.15) is 5.82 Å². The summed E-state index contributed by atoms with van der Waals surface area (Å²) in [6.45, 7) is 8.83. The van der Waals surface area contributed by atoms with Crippen molar-refractivity contribution in [2.24, 2.45) is 10.8 Å². The van der Waals surface area contributed by atoms with Crippen LogP contribution in [0, 0.1) is 16.6 Å². The van der Waals surface area contributed by atoms with E-state index >= 15 is 0 Å². The fourth-order valence-electron chi connectivity index (χ4n) is 4.61. The summed E-state index contributed by atoms with van der Waals surface area (Å²) in [7, 11) is 0. The zero-order chi connectivity index (χ0) is 23.2. The van der Waals surface area contributed by atoms with Gasteiger partial charge in [0.05, 0.1) is 12.2 Å². The van der Waals surface area contributed by atoms with E-state index < -0.39 is 24.6 Å². The number of carboxylic acids is 1. The Hall–Kier alpha value is -0.980. The standard InChI is InChI=1S/C26H37FO4.Na/c1-5-26(6-2)14-13-25(3,4)23(12-11-20(28)15-21(29)16-24(30)31)22(17-26)18-7-9-19(27)10-8-18;/h7-12,20-21,28-29H,5-6,13-17H2,1-4H3,(H,30,31);/q;+1/p-1/b12-11+;. The second-order valence-corrected chi connectivity index (χ2v) is 9.56. The minimum atomic E-state index is -1.34. The van der Waals surface area contributed by atoms with Gasteiger partial charge in [0.25, 0.3) is 0 Å². The Bertz CT molecular complexity index is 810. The number of rotatable bonds is 9. The second kappa shape index (κ2) is 12.5. The molecule has 0 heterocycles. The molecule has 0 aliphatic heterocycles. The normalized spacial score (nSPS) is 19.8. The molecule has 0 bridgehead atoms. The summed E-state index contributed by atoms with van der Waals surface area (Å²) in [5.41, 5.74) is 3.24. The minimum absolute atomic E-state index is 0. The number of halogens is 1. The molecule has 1 aliphatic carbocycles. The van der Waals surface area contributed by atoms with Crippen molar-refractivity contribution in [3.8, 4) is 0 Å². The van der Waals surface area contributed by atoms with Crippen molar-refractivity contribution in [1.82, 2.24) is 0 Å². The second-order valence-electron chi connectivity index (χ2n) is 9.56. The van der Waals surface area contributed by atoms with Crippen LogP contribution in [0.25, 0.3) is 5.57 Å². The molecule has 1 aliphatic rings. The van der Waals surface area contributed by atoms with Crippen LogP contribution in [0.5, 0.6) is 0 Å². The van der Waals surface area contributed by atoms with Crippen LogP contribution in [-0.2, 0) is 4.79 Å². The quantitative estimate of drug-likeness (QED) is 0.553. The van der Waals surface area contributed by atoms with E-state index in [1.54, 1.807) is 6.08 Å². The molecule has 0 spiro atoms. The van der Waals surface area contributed by atoms with Gasteiger partial charge in [-0.25, -0.2) is 4.39 Å². The molecule has 172 valence electrons. The van der Waals surface area contributed by atoms with Crippen molar-refractivity contribution in [3.05, 3.63) is 53.4 Å². The molecule has 4 nitrogen and oxygen atoms in total. The van der Waals surface area contributed by atoms with Gasteiger partial charge in [0.15, 0.2) is 0 Å². The Kier molecular flexibility index (Phi) is 11.3. The summed E-state index contributed by atoms with van der Waals surface area (Å²) < 4.78 is 13.6. The number of aliphatic carboxylic acids is 1. The van der Waals surface area contributed by atoms with Gasteiger partial charge in [-0.05, 0) is 58.9 Å². The maximum Gasteiger partial charge on any atom is 1.00 e. The Morgan fingerprint density at radius 2 is 1.75 bits per heavy atom. The van der Waals surface area contributed by atoms with Crippen molar-refractivity contribution < 1.29 is 54.1 Å². The monoisotopic (exact) mass is 454 g/mol. The van der Waals surface area contributed by atoms with E-state index in [1.165, 1.54) is 12.1 Å². The zero-order valence-corrected chi connectivity index (χ0v) is 22.2. The fourth-order valence-corrected chi connectivity index (χ4v) is 4.61.